The lowest BCUT2D eigenvalue weighted by Gasteiger charge is -1.95. The van der Waals surface area contributed by atoms with E-state index < -0.39 is 5.97 Å². The summed E-state index contributed by atoms with van der Waals surface area (Å²) >= 11 is 0. The van der Waals surface area contributed by atoms with Crippen molar-refractivity contribution in [3.05, 3.63) is 30.7 Å². The molecule has 2 rings (SSSR count). The first-order valence-electron chi connectivity index (χ1n) is 4.78. The van der Waals surface area contributed by atoms with Gasteiger partial charge in [-0.1, -0.05) is 0 Å². The van der Waals surface area contributed by atoms with Gasteiger partial charge in [-0.15, -0.1) is 12.4 Å². The summed E-state index contributed by atoms with van der Waals surface area (Å²) in [6, 6.07) is 3.68. The maximum Gasteiger partial charge on any atom is 0.305 e. The number of pyridine rings is 1. The van der Waals surface area contributed by atoms with E-state index in [0.717, 1.165) is 5.56 Å². The van der Waals surface area contributed by atoms with E-state index in [0.29, 0.717) is 5.69 Å². The molecule has 1 N–H and O–H groups in total. The smallest absolute Gasteiger partial charge is 0.305 e. The summed E-state index contributed by atoms with van der Waals surface area (Å²) in [4.78, 5) is 15.7. The zero-order chi connectivity index (χ0) is 11.4. The van der Waals surface area contributed by atoms with Gasteiger partial charge in [-0.05, 0) is 12.1 Å². The van der Waals surface area contributed by atoms with Crippen molar-refractivity contribution in [3.8, 4) is 11.3 Å². The summed E-state index contributed by atoms with van der Waals surface area (Å²) in [6.45, 7) is 0.273. The first-order valence-corrected chi connectivity index (χ1v) is 4.78. The minimum absolute atomic E-state index is 0. The molecule has 0 aliphatic rings. The molecular formula is C10H11ClN4O2. The van der Waals surface area contributed by atoms with Crippen LogP contribution in [0.3, 0.4) is 0 Å². The Balaban J connectivity index is 0.00000144. The molecule has 0 bridgehead atoms. The Morgan fingerprint density at radius 3 is 2.88 bits per heavy atom. The molecule has 0 aromatic carbocycles. The molecule has 0 spiro atoms. The van der Waals surface area contributed by atoms with E-state index in [4.69, 9.17) is 5.11 Å². The number of nitrogens with zero attached hydrogens (tertiary/aromatic N) is 4. The average molecular weight is 255 g/mol. The zero-order valence-corrected chi connectivity index (χ0v) is 9.67. The number of rotatable bonds is 4. The number of carboxylic acid groups (broad SMARTS) is 1. The molecule has 7 heteroatoms. The molecule has 0 radical (unpaired) electrons. The summed E-state index contributed by atoms with van der Waals surface area (Å²) in [5.41, 5.74) is 1.56. The van der Waals surface area contributed by atoms with E-state index in [1.807, 2.05) is 12.1 Å². The minimum Gasteiger partial charge on any atom is -0.481 e. The van der Waals surface area contributed by atoms with Gasteiger partial charge in [-0.3, -0.25) is 9.78 Å². The van der Waals surface area contributed by atoms with Crippen LogP contribution in [0.15, 0.2) is 30.7 Å². The van der Waals surface area contributed by atoms with Crippen LogP contribution in [0.5, 0.6) is 0 Å². The Morgan fingerprint density at radius 1 is 1.41 bits per heavy atom. The molecule has 0 saturated heterocycles. The topological polar surface area (TPSA) is 80.9 Å². The number of carbonyl (C=O) groups is 1. The molecule has 0 amide bonds. The van der Waals surface area contributed by atoms with Crippen molar-refractivity contribution in [1.82, 2.24) is 20.0 Å². The molecule has 17 heavy (non-hydrogen) atoms. The largest absolute Gasteiger partial charge is 0.481 e. The fourth-order valence-corrected chi connectivity index (χ4v) is 1.25. The second-order valence-corrected chi connectivity index (χ2v) is 3.21. The molecular weight excluding hydrogens is 244 g/mol. The van der Waals surface area contributed by atoms with Crippen molar-refractivity contribution < 1.29 is 9.90 Å². The minimum atomic E-state index is -0.861. The lowest BCUT2D eigenvalue weighted by Crippen LogP contribution is -2.07. The summed E-state index contributed by atoms with van der Waals surface area (Å²) in [6.07, 6.45) is 4.98. The number of hydrogen-bond acceptors (Lipinski definition) is 4. The molecule has 0 aliphatic carbocycles. The monoisotopic (exact) mass is 254 g/mol. The highest BCUT2D eigenvalue weighted by Gasteiger charge is 2.04. The quantitative estimate of drug-likeness (QED) is 0.888. The van der Waals surface area contributed by atoms with Gasteiger partial charge in [0, 0.05) is 18.0 Å². The highest BCUT2D eigenvalue weighted by atomic mass is 35.5. The lowest BCUT2D eigenvalue weighted by molar-refractivity contribution is -0.137. The van der Waals surface area contributed by atoms with Gasteiger partial charge in [0.1, 0.15) is 5.69 Å². The lowest BCUT2D eigenvalue weighted by atomic mass is 10.2. The van der Waals surface area contributed by atoms with E-state index in [9.17, 15) is 4.79 Å². The van der Waals surface area contributed by atoms with Gasteiger partial charge in [-0.2, -0.15) is 15.0 Å². The molecule has 2 aromatic rings. The maximum atomic E-state index is 10.4. The maximum absolute atomic E-state index is 10.4. The van der Waals surface area contributed by atoms with Crippen molar-refractivity contribution in [2.45, 2.75) is 13.0 Å². The van der Waals surface area contributed by atoms with Gasteiger partial charge in [0.15, 0.2) is 0 Å². The Hall–Kier alpha value is -1.95. The second kappa shape index (κ2) is 5.95. The molecule has 0 aliphatic heterocycles. The van der Waals surface area contributed by atoms with Gasteiger partial charge in [0.05, 0.1) is 19.2 Å². The van der Waals surface area contributed by atoms with Crippen LogP contribution in [-0.4, -0.2) is 31.1 Å². The van der Waals surface area contributed by atoms with Crippen LogP contribution >= 0.6 is 12.4 Å². The molecule has 0 saturated carbocycles. The van der Waals surface area contributed by atoms with Crippen LogP contribution in [0.1, 0.15) is 6.42 Å². The number of aromatic nitrogens is 4. The Morgan fingerprint density at radius 2 is 2.24 bits per heavy atom. The van der Waals surface area contributed by atoms with Crippen LogP contribution in [0, 0.1) is 0 Å². The number of aliphatic carboxylic acids is 1. The van der Waals surface area contributed by atoms with Crippen LogP contribution in [0.25, 0.3) is 11.3 Å². The number of carboxylic acids is 1. The van der Waals surface area contributed by atoms with E-state index in [2.05, 4.69) is 15.2 Å². The molecule has 90 valence electrons. The SMILES string of the molecule is Cl.O=C(O)CCn1ncc(-c2cccnc2)n1. The Bertz CT molecular complexity index is 486. The van der Waals surface area contributed by atoms with Gasteiger partial charge in [0.2, 0.25) is 0 Å². The van der Waals surface area contributed by atoms with Crippen LogP contribution in [0.2, 0.25) is 0 Å². The zero-order valence-electron chi connectivity index (χ0n) is 8.85. The van der Waals surface area contributed by atoms with Crippen molar-refractivity contribution >= 4 is 18.4 Å². The third kappa shape index (κ3) is 3.53. The molecule has 2 heterocycles. The average Bonchev–Trinajstić information content (AvgIpc) is 2.76. The fraction of sp³-hybridized carbons (Fsp3) is 0.200. The molecule has 6 nitrogen and oxygen atoms in total. The van der Waals surface area contributed by atoms with Crippen LogP contribution in [-0.2, 0) is 11.3 Å². The first-order chi connectivity index (χ1) is 7.75. The third-order valence-electron chi connectivity index (χ3n) is 2.02. The van der Waals surface area contributed by atoms with Crippen LogP contribution < -0.4 is 0 Å². The highest BCUT2D eigenvalue weighted by Crippen LogP contribution is 2.12. The van der Waals surface area contributed by atoms with Gasteiger partial charge in [0.25, 0.3) is 0 Å². The number of halogens is 1. The predicted molar refractivity (Wildman–Crippen MR) is 62.8 cm³/mol. The van der Waals surface area contributed by atoms with E-state index in [-0.39, 0.29) is 25.4 Å². The van der Waals surface area contributed by atoms with Crippen molar-refractivity contribution in [1.29, 1.82) is 0 Å². The predicted octanol–water partition coefficient (Wildman–Crippen LogP) is 1.24. The summed E-state index contributed by atoms with van der Waals surface area (Å²) in [7, 11) is 0. The van der Waals surface area contributed by atoms with Crippen molar-refractivity contribution in [2.24, 2.45) is 0 Å². The normalized spacial score (nSPS) is 9.65. The van der Waals surface area contributed by atoms with E-state index in [1.54, 1.807) is 18.6 Å². The standard InChI is InChI=1S/C10H10N4O2.ClH/c15-10(16)3-5-14-12-7-9(13-14)8-2-1-4-11-6-8;/h1-2,4,6-7H,3,5H2,(H,15,16);1H. The molecule has 0 atom stereocenters. The van der Waals surface area contributed by atoms with Gasteiger partial charge < -0.3 is 5.11 Å². The fourth-order valence-electron chi connectivity index (χ4n) is 1.25. The molecule has 2 aromatic heterocycles. The summed E-state index contributed by atoms with van der Waals surface area (Å²) in [5, 5.41) is 16.7. The van der Waals surface area contributed by atoms with Crippen LogP contribution in [0.4, 0.5) is 0 Å². The highest BCUT2D eigenvalue weighted by molar-refractivity contribution is 5.85. The van der Waals surface area contributed by atoms with E-state index in [1.165, 1.54) is 4.80 Å². The number of aryl methyl sites for hydroxylation is 1. The van der Waals surface area contributed by atoms with Crippen molar-refractivity contribution in [2.75, 3.05) is 0 Å². The Kier molecular flexibility index (Phi) is 4.59. The van der Waals surface area contributed by atoms with Gasteiger partial charge in [-0.25, -0.2) is 0 Å². The third-order valence-corrected chi connectivity index (χ3v) is 2.02. The van der Waals surface area contributed by atoms with Crippen molar-refractivity contribution in [3.63, 3.8) is 0 Å². The van der Waals surface area contributed by atoms with Gasteiger partial charge >= 0.3 is 5.97 Å². The first kappa shape index (κ1) is 13.1. The van der Waals surface area contributed by atoms with E-state index >= 15 is 0 Å². The number of hydrogen-bond donors (Lipinski definition) is 1. The summed E-state index contributed by atoms with van der Waals surface area (Å²) < 4.78 is 0. The molecule has 0 unspecified atom stereocenters. The molecule has 0 fully saturated rings. The summed E-state index contributed by atoms with van der Waals surface area (Å²) in [5.74, 6) is -0.861. The Labute approximate surface area is 104 Å². The second-order valence-electron chi connectivity index (χ2n) is 3.21.